The topological polar surface area (TPSA) is 54.5 Å². The number of carbonyl (C=O) groups is 3. The van der Waals surface area contributed by atoms with E-state index in [0.29, 0.717) is 22.7 Å². The van der Waals surface area contributed by atoms with Gasteiger partial charge in [0, 0.05) is 34.5 Å². The van der Waals surface area contributed by atoms with E-state index in [-0.39, 0.29) is 23.3 Å². The van der Waals surface area contributed by atoms with Crippen LogP contribution in [0.1, 0.15) is 32.2 Å². The quantitative estimate of drug-likeness (QED) is 0.705. The van der Waals surface area contributed by atoms with Crippen LogP contribution in [0.4, 0.5) is 0 Å². The van der Waals surface area contributed by atoms with Gasteiger partial charge in [-0.05, 0) is 24.7 Å². The summed E-state index contributed by atoms with van der Waals surface area (Å²) in [5, 5.41) is 0.566. The van der Waals surface area contributed by atoms with E-state index in [1.165, 1.54) is 0 Å². The second kappa shape index (κ2) is 6.86. The largest absolute Gasteiger partial charge is 0.298 e. The Balaban J connectivity index is 1.70. The number of carbonyl (C=O) groups excluding carboxylic acids is 3. The minimum absolute atomic E-state index is 0.0280. The van der Waals surface area contributed by atoms with Crippen molar-refractivity contribution in [1.82, 2.24) is 4.90 Å². The van der Waals surface area contributed by atoms with Gasteiger partial charge < -0.3 is 0 Å². The summed E-state index contributed by atoms with van der Waals surface area (Å²) in [6.45, 7) is 0.343. The van der Waals surface area contributed by atoms with Crippen molar-refractivity contribution in [3.05, 3.63) is 94.5 Å². The van der Waals surface area contributed by atoms with Crippen LogP contribution < -0.4 is 0 Å². The van der Waals surface area contributed by atoms with E-state index in [2.05, 4.69) is 0 Å². The summed E-state index contributed by atoms with van der Waals surface area (Å²) in [5.41, 5.74) is 0.232. The van der Waals surface area contributed by atoms with E-state index in [9.17, 15) is 14.4 Å². The van der Waals surface area contributed by atoms with Crippen LogP contribution in [-0.4, -0.2) is 41.4 Å². The predicted molar refractivity (Wildman–Crippen MR) is 115 cm³/mol. The molecule has 1 aliphatic heterocycles. The SMILES string of the molecule is CN1C[C@@H](C(=O)C2C=CC=C2)[C@H](c2ccc(Cl)cc2)C12C(=O)c1ccccc1C2=O. The number of fused-ring (bicyclic) bond motifs is 1. The molecule has 150 valence electrons. The average Bonchev–Trinajstić information content (AvgIpc) is 3.44. The lowest BCUT2D eigenvalue weighted by Gasteiger charge is -2.35. The maximum Gasteiger partial charge on any atom is 0.192 e. The highest BCUT2D eigenvalue weighted by atomic mass is 35.5. The third-order valence-corrected chi connectivity index (χ3v) is 6.96. The molecule has 2 aliphatic carbocycles. The molecule has 1 spiro atoms. The summed E-state index contributed by atoms with van der Waals surface area (Å²) < 4.78 is 0. The van der Waals surface area contributed by atoms with Crippen molar-refractivity contribution in [1.29, 1.82) is 0 Å². The molecule has 0 bridgehead atoms. The fraction of sp³-hybridized carbons (Fsp3) is 0.240. The Hall–Kier alpha value is -2.82. The van der Waals surface area contributed by atoms with Crippen LogP contribution >= 0.6 is 11.6 Å². The van der Waals surface area contributed by atoms with E-state index in [4.69, 9.17) is 11.6 Å². The molecular weight excluding hydrogens is 398 g/mol. The first-order valence-electron chi connectivity index (χ1n) is 10.0. The highest BCUT2D eigenvalue weighted by molar-refractivity contribution is 6.34. The Morgan fingerprint density at radius 3 is 2.10 bits per heavy atom. The lowest BCUT2D eigenvalue weighted by atomic mass is 9.70. The zero-order chi connectivity index (χ0) is 21.0. The molecule has 4 nitrogen and oxygen atoms in total. The normalized spacial score (nSPS) is 24.9. The van der Waals surface area contributed by atoms with Crippen LogP contribution in [0.3, 0.4) is 0 Å². The minimum atomic E-state index is -1.41. The number of allylic oxidation sites excluding steroid dienone is 4. The minimum Gasteiger partial charge on any atom is -0.298 e. The molecule has 1 fully saturated rings. The molecule has 5 rings (SSSR count). The van der Waals surface area contributed by atoms with Gasteiger partial charge in [-0.3, -0.25) is 19.3 Å². The number of likely N-dealkylation sites (N-methyl/N-ethyl adjacent to an activating group) is 1. The first-order chi connectivity index (χ1) is 14.5. The Kier molecular flexibility index (Phi) is 4.38. The van der Waals surface area contributed by atoms with E-state index >= 15 is 0 Å². The zero-order valence-corrected chi connectivity index (χ0v) is 17.2. The monoisotopic (exact) mass is 417 g/mol. The van der Waals surface area contributed by atoms with Gasteiger partial charge in [-0.1, -0.05) is 72.3 Å². The predicted octanol–water partition coefficient (Wildman–Crippen LogP) is 4.11. The lowest BCUT2D eigenvalue weighted by molar-refractivity contribution is -0.124. The van der Waals surface area contributed by atoms with Crippen molar-refractivity contribution in [2.75, 3.05) is 13.6 Å². The molecule has 1 saturated heterocycles. The summed E-state index contributed by atoms with van der Waals surface area (Å²) in [5.74, 6) is -1.82. The number of halogens is 1. The first-order valence-corrected chi connectivity index (χ1v) is 10.4. The van der Waals surface area contributed by atoms with Gasteiger partial charge in [0.05, 0.1) is 5.92 Å². The standard InChI is InChI=1S/C25H20ClNO3/c1-27-14-20(22(28)16-6-2-3-7-16)21(15-10-12-17(26)13-11-15)25(27)23(29)18-8-4-5-9-19(18)24(25)30/h2-13,16,20-21H,14H2,1H3/t20-,21+/m1/s1. The number of ketones is 3. The smallest absolute Gasteiger partial charge is 0.192 e. The van der Waals surface area contributed by atoms with Crippen LogP contribution in [0.15, 0.2) is 72.8 Å². The van der Waals surface area contributed by atoms with Crippen molar-refractivity contribution in [2.24, 2.45) is 11.8 Å². The van der Waals surface area contributed by atoms with Gasteiger partial charge in [-0.15, -0.1) is 0 Å². The Morgan fingerprint density at radius 1 is 0.967 bits per heavy atom. The van der Waals surface area contributed by atoms with E-state index in [1.54, 1.807) is 48.3 Å². The fourth-order valence-corrected chi connectivity index (χ4v) is 5.49. The molecule has 1 heterocycles. The van der Waals surface area contributed by atoms with E-state index in [0.717, 1.165) is 5.56 Å². The van der Waals surface area contributed by atoms with Gasteiger partial charge in [0.1, 0.15) is 5.78 Å². The summed E-state index contributed by atoms with van der Waals surface area (Å²) in [6.07, 6.45) is 7.44. The van der Waals surface area contributed by atoms with Crippen molar-refractivity contribution in [3.63, 3.8) is 0 Å². The van der Waals surface area contributed by atoms with Crippen LogP contribution in [0.5, 0.6) is 0 Å². The van der Waals surface area contributed by atoms with Gasteiger partial charge in [-0.25, -0.2) is 0 Å². The zero-order valence-electron chi connectivity index (χ0n) is 16.4. The Morgan fingerprint density at radius 2 is 1.53 bits per heavy atom. The lowest BCUT2D eigenvalue weighted by Crippen LogP contribution is -2.54. The Labute approximate surface area is 179 Å². The second-order valence-corrected chi connectivity index (χ2v) is 8.62. The van der Waals surface area contributed by atoms with Crippen LogP contribution in [0, 0.1) is 11.8 Å². The van der Waals surface area contributed by atoms with Crippen LogP contribution in [-0.2, 0) is 4.79 Å². The molecule has 0 unspecified atom stereocenters. The maximum absolute atomic E-state index is 13.8. The first kappa shape index (κ1) is 19.2. The number of hydrogen-bond acceptors (Lipinski definition) is 4. The second-order valence-electron chi connectivity index (χ2n) is 8.18. The molecule has 0 radical (unpaired) electrons. The van der Waals surface area contributed by atoms with E-state index in [1.807, 2.05) is 36.4 Å². The molecule has 0 N–H and O–H groups in total. The third kappa shape index (κ3) is 2.47. The molecule has 0 saturated carbocycles. The molecule has 2 aromatic rings. The molecular formula is C25H20ClNO3. The molecule has 2 atom stereocenters. The highest BCUT2D eigenvalue weighted by Gasteiger charge is 2.67. The van der Waals surface area contributed by atoms with E-state index < -0.39 is 17.4 Å². The molecule has 0 amide bonds. The Bertz CT molecular complexity index is 1080. The number of nitrogens with zero attached hydrogens (tertiary/aromatic N) is 1. The number of benzene rings is 2. The summed E-state index contributed by atoms with van der Waals surface area (Å²) in [7, 11) is 1.78. The third-order valence-electron chi connectivity index (χ3n) is 6.70. The number of likely N-dealkylation sites (tertiary alicyclic amines) is 1. The van der Waals surface area contributed by atoms with Gasteiger partial charge in [0.2, 0.25) is 0 Å². The van der Waals surface area contributed by atoms with Gasteiger partial charge in [0.25, 0.3) is 0 Å². The molecule has 5 heteroatoms. The van der Waals surface area contributed by atoms with Gasteiger partial charge >= 0.3 is 0 Å². The van der Waals surface area contributed by atoms with Crippen molar-refractivity contribution in [3.8, 4) is 0 Å². The molecule has 2 aromatic carbocycles. The van der Waals surface area contributed by atoms with Crippen LogP contribution in [0.2, 0.25) is 5.02 Å². The number of rotatable bonds is 3. The van der Waals surface area contributed by atoms with Crippen LogP contribution in [0.25, 0.3) is 0 Å². The molecule has 0 aromatic heterocycles. The highest BCUT2D eigenvalue weighted by Crippen LogP contribution is 2.52. The summed E-state index contributed by atoms with van der Waals surface area (Å²) in [4.78, 5) is 42.8. The maximum atomic E-state index is 13.8. The van der Waals surface area contributed by atoms with Crippen molar-refractivity contribution < 1.29 is 14.4 Å². The van der Waals surface area contributed by atoms with Crippen molar-refractivity contribution in [2.45, 2.75) is 11.5 Å². The fourth-order valence-electron chi connectivity index (χ4n) is 5.36. The van der Waals surface area contributed by atoms with Gasteiger partial charge in [0.15, 0.2) is 17.1 Å². The van der Waals surface area contributed by atoms with Crippen molar-refractivity contribution >= 4 is 29.0 Å². The van der Waals surface area contributed by atoms with Gasteiger partial charge in [-0.2, -0.15) is 0 Å². The summed E-state index contributed by atoms with van der Waals surface area (Å²) in [6, 6.07) is 14.1. The number of Topliss-reactive ketones (excluding diaryl/α,β-unsaturated/α-hetero) is 3. The summed E-state index contributed by atoms with van der Waals surface area (Å²) >= 11 is 6.10. The molecule has 30 heavy (non-hydrogen) atoms. The number of hydrogen-bond donors (Lipinski definition) is 0. The average molecular weight is 418 g/mol. The molecule has 3 aliphatic rings.